The Hall–Kier alpha value is -2.72. The molecule has 0 radical (unpaired) electrons. The Kier molecular flexibility index (Phi) is 6.14. The topological polar surface area (TPSA) is 85.2 Å². The molecule has 30 heavy (non-hydrogen) atoms. The SMILES string of the molecule is C[C@H]1C[C@@H](NC(=O)CC2CCN(C)CC2)CN(c2ccc(C#N)c3nccnc23)C1. The van der Waals surface area contributed by atoms with Crippen molar-refractivity contribution in [2.45, 2.75) is 38.6 Å². The summed E-state index contributed by atoms with van der Waals surface area (Å²) in [6.45, 7) is 6.04. The van der Waals surface area contributed by atoms with E-state index in [-0.39, 0.29) is 11.9 Å². The van der Waals surface area contributed by atoms with Crippen molar-refractivity contribution in [1.29, 1.82) is 5.26 Å². The second kappa shape index (κ2) is 8.97. The second-order valence-corrected chi connectivity index (χ2v) is 8.96. The van der Waals surface area contributed by atoms with Crippen LogP contribution >= 0.6 is 0 Å². The molecule has 7 nitrogen and oxygen atoms in total. The normalized spacial score (nSPS) is 23.3. The first-order valence-corrected chi connectivity index (χ1v) is 10.9. The molecule has 1 aromatic carbocycles. The molecule has 2 saturated heterocycles. The van der Waals surface area contributed by atoms with Crippen molar-refractivity contribution in [3.63, 3.8) is 0 Å². The highest BCUT2D eigenvalue weighted by atomic mass is 16.1. The summed E-state index contributed by atoms with van der Waals surface area (Å²) in [6, 6.07) is 6.11. The molecule has 1 aromatic heterocycles. The molecule has 0 saturated carbocycles. The van der Waals surface area contributed by atoms with Crippen LogP contribution in [-0.2, 0) is 4.79 Å². The number of rotatable bonds is 4. The molecule has 0 bridgehead atoms. The third-order valence-electron chi connectivity index (χ3n) is 6.40. The van der Waals surface area contributed by atoms with Gasteiger partial charge in [-0.25, -0.2) is 0 Å². The second-order valence-electron chi connectivity index (χ2n) is 8.96. The Morgan fingerprint density at radius 3 is 2.67 bits per heavy atom. The standard InChI is InChI=1S/C23H30N6O/c1-16-11-19(27-21(30)12-17-5-9-28(2)10-6-17)15-29(14-16)20-4-3-18(13-24)22-23(20)26-8-7-25-22/h3-4,7-8,16-17,19H,5-6,9-12,14-15H2,1-2H3,(H,27,30)/t16-,19+/m0/s1. The minimum atomic E-state index is 0.120. The first-order valence-electron chi connectivity index (χ1n) is 10.9. The number of carbonyl (C=O) groups excluding carboxylic acids is 1. The van der Waals surface area contributed by atoms with E-state index in [4.69, 9.17) is 0 Å². The van der Waals surface area contributed by atoms with E-state index in [1.54, 1.807) is 12.4 Å². The first kappa shape index (κ1) is 20.5. The largest absolute Gasteiger partial charge is 0.367 e. The summed E-state index contributed by atoms with van der Waals surface area (Å²) in [5.41, 5.74) is 2.91. The fourth-order valence-corrected chi connectivity index (χ4v) is 4.86. The van der Waals surface area contributed by atoms with Crippen LogP contribution in [0.3, 0.4) is 0 Å². The molecule has 2 aliphatic heterocycles. The van der Waals surface area contributed by atoms with Gasteiger partial charge in [-0.2, -0.15) is 5.26 Å². The lowest BCUT2D eigenvalue weighted by Gasteiger charge is -2.38. The number of nitriles is 1. The zero-order valence-electron chi connectivity index (χ0n) is 17.8. The molecule has 158 valence electrons. The van der Waals surface area contributed by atoms with Crippen LogP contribution < -0.4 is 10.2 Å². The Morgan fingerprint density at radius 1 is 1.20 bits per heavy atom. The van der Waals surface area contributed by atoms with Gasteiger partial charge < -0.3 is 15.1 Å². The van der Waals surface area contributed by atoms with Crippen LogP contribution in [0.1, 0.15) is 38.2 Å². The quantitative estimate of drug-likeness (QED) is 0.840. The van der Waals surface area contributed by atoms with E-state index in [0.29, 0.717) is 29.3 Å². The minimum absolute atomic E-state index is 0.120. The molecule has 4 rings (SSSR count). The summed E-state index contributed by atoms with van der Waals surface area (Å²) in [5, 5.41) is 12.7. The number of anilines is 1. The maximum atomic E-state index is 12.7. The van der Waals surface area contributed by atoms with Crippen molar-refractivity contribution in [1.82, 2.24) is 20.2 Å². The molecule has 0 spiro atoms. The van der Waals surface area contributed by atoms with E-state index in [9.17, 15) is 10.1 Å². The van der Waals surface area contributed by atoms with Gasteiger partial charge in [0, 0.05) is 37.9 Å². The van der Waals surface area contributed by atoms with Gasteiger partial charge in [0.15, 0.2) is 0 Å². The zero-order valence-corrected chi connectivity index (χ0v) is 17.8. The number of hydrogen-bond acceptors (Lipinski definition) is 6. The predicted octanol–water partition coefficient (Wildman–Crippen LogP) is 2.56. The number of aromatic nitrogens is 2. The molecular formula is C23H30N6O. The van der Waals surface area contributed by atoms with Gasteiger partial charge >= 0.3 is 0 Å². The molecule has 1 amide bonds. The Balaban J connectivity index is 1.46. The third kappa shape index (κ3) is 4.54. The highest BCUT2D eigenvalue weighted by Gasteiger charge is 2.28. The Bertz CT molecular complexity index is 946. The number of fused-ring (bicyclic) bond motifs is 1. The number of amides is 1. The maximum Gasteiger partial charge on any atom is 0.220 e. The molecule has 0 aliphatic carbocycles. The minimum Gasteiger partial charge on any atom is -0.367 e. The Morgan fingerprint density at radius 2 is 1.93 bits per heavy atom. The fourth-order valence-electron chi connectivity index (χ4n) is 4.86. The molecule has 0 unspecified atom stereocenters. The summed E-state index contributed by atoms with van der Waals surface area (Å²) in [7, 11) is 2.14. The third-order valence-corrected chi connectivity index (χ3v) is 6.40. The van der Waals surface area contributed by atoms with Crippen molar-refractivity contribution in [3.8, 4) is 6.07 Å². The molecule has 2 fully saturated rings. The van der Waals surface area contributed by atoms with Crippen LogP contribution in [0.4, 0.5) is 5.69 Å². The average Bonchev–Trinajstić information content (AvgIpc) is 2.74. The number of carbonyl (C=O) groups is 1. The van der Waals surface area contributed by atoms with Crippen molar-refractivity contribution in [3.05, 3.63) is 30.1 Å². The lowest BCUT2D eigenvalue weighted by Crippen LogP contribution is -2.51. The molecule has 3 heterocycles. The summed E-state index contributed by atoms with van der Waals surface area (Å²) < 4.78 is 0. The van der Waals surface area contributed by atoms with Crippen LogP contribution in [0.15, 0.2) is 24.5 Å². The van der Waals surface area contributed by atoms with Crippen LogP contribution in [-0.4, -0.2) is 60.0 Å². The Labute approximate surface area is 178 Å². The summed E-state index contributed by atoms with van der Waals surface area (Å²) in [4.78, 5) is 26.2. The van der Waals surface area contributed by atoms with Gasteiger partial charge in [0.1, 0.15) is 17.1 Å². The van der Waals surface area contributed by atoms with E-state index in [0.717, 1.165) is 56.6 Å². The summed E-state index contributed by atoms with van der Waals surface area (Å²) in [6.07, 6.45) is 7.11. The molecule has 2 aromatic rings. The van der Waals surface area contributed by atoms with Crippen LogP contribution in [0, 0.1) is 23.2 Å². The van der Waals surface area contributed by atoms with Gasteiger partial charge in [-0.3, -0.25) is 14.8 Å². The van der Waals surface area contributed by atoms with Gasteiger partial charge in [-0.15, -0.1) is 0 Å². The van der Waals surface area contributed by atoms with E-state index >= 15 is 0 Å². The van der Waals surface area contributed by atoms with Gasteiger partial charge in [0.05, 0.1) is 11.3 Å². The predicted molar refractivity (Wildman–Crippen MR) is 117 cm³/mol. The molecule has 2 atom stereocenters. The first-order chi connectivity index (χ1) is 14.5. The number of hydrogen-bond donors (Lipinski definition) is 1. The van der Waals surface area contributed by atoms with Crippen molar-refractivity contribution in [2.24, 2.45) is 11.8 Å². The van der Waals surface area contributed by atoms with E-state index in [1.807, 2.05) is 12.1 Å². The van der Waals surface area contributed by atoms with Crippen LogP contribution in [0.2, 0.25) is 0 Å². The average molecular weight is 407 g/mol. The highest BCUT2D eigenvalue weighted by Crippen LogP contribution is 2.30. The molecule has 2 aliphatic rings. The molecule has 1 N–H and O–H groups in total. The van der Waals surface area contributed by atoms with E-state index in [2.05, 4.69) is 45.1 Å². The van der Waals surface area contributed by atoms with Gasteiger partial charge in [0.25, 0.3) is 0 Å². The lowest BCUT2D eigenvalue weighted by molar-refractivity contribution is -0.123. The van der Waals surface area contributed by atoms with Gasteiger partial charge in [-0.05, 0) is 63.4 Å². The van der Waals surface area contributed by atoms with Gasteiger partial charge in [-0.1, -0.05) is 6.92 Å². The number of nitrogens with zero attached hydrogens (tertiary/aromatic N) is 5. The maximum absolute atomic E-state index is 12.7. The summed E-state index contributed by atoms with van der Waals surface area (Å²) >= 11 is 0. The molecule has 7 heteroatoms. The van der Waals surface area contributed by atoms with E-state index < -0.39 is 0 Å². The fraction of sp³-hybridized carbons (Fsp3) is 0.565. The zero-order chi connectivity index (χ0) is 21.1. The van der Waals surface area contributed by atoms with Crippen molar-refractivity contribution in [2.75, 3.05) is 38.1 Å². The van der Waals surface area contributed by atoms with Crippen LogP contribution in [0.25, 0.3) is 11.0 Å². The number of likely N-dealkylation sites (tertiary alicyclic amines) is 1. The molecular weight excluding hydrogens is 376 g/mol. The lowest BCUT2D eigenvalue weighted by atomic mass is 9.92. The van der Waals surface area contributed by atoms with Crippen LogP contribution in [0.5, 0.6) is 0 Å². The smallest absolute Gasteiger partial charge is 0.220 e. The monoisotopic (exact) mass is 406 g/mol. The number of benzene rings is 1. The number of nitrogens with one attached hydrogen (secondary N) is 1. The van der Waals surface area contributed by atoms with Gasteiger partial charge in [0.2, 0.25) is 5.91 Å². The van der Waals surface area contributed by atoms with E-state index in [1.165, 1.54) is 0 Å². The van der Waals surface area contributed by atoms with Crippen molar-refractivity contribution >= 4 is 22.6 Å². The van der Waals surface area contributed by atoms with Crippen molar-refractivity contribution < 1.29 is 4.79 Å². The number of piperidine rings is 2. The highest BCUT2D eigenvalue weighted by molar-refractivity contribution is 5.92. The summed E-state index contributed by atoms with van der Waals surface area (Å²) in [5.74, 6) is 1.12.